The Balaban J connectivity index is 1.39. The highest BCUT2D eigenvalue weighted by Crippen LogP contribution is 2.30. The summed E-state index contributed by atoms with van der Waals surface area (Å²) >= 11 is 0. The van der Waals surface area contributed by atoms with Crippen molar-refractivity contribution in [2.24, 2.45) is 0 Å². The largest absolute Gasteiger partial charge is 0.467 e. The highest BCUT2D eigenvalue weighted by Gasteiger charge is 2.24. The van der Waals surface area contributed by atoms with Gasteiger partial charge in [-0.15, -0.1) is 0 Å². The van der Waals surface area contributed by atoms with Gasteiger partial charge in [0.25, 0.3) is 11.8 Å². The van der Waals surface area contributed by atoms with Crippen molar-refractivity contribution in [3.63, 3.8) is 0 Å². The fourth-order valence-corrected chi connectivity index (χ4v) is 3.89. The number of carbonyl (C=O) groups excluding carboxylic acids is 2. The zero-order valence-corrected chi connectivity index (χ0v) is 16.5. The summed E-state index contributed by atoms with van der Waals surface area (Å²) in [6.45, 7) is 1.00. The predicted molar refractivity (Wildman–Crippen MR) is 115 cm³/mol. The van der Waals surface area contributed by atoms with Crippen molar-refractivity contribution in [2.75, 3.05) is 7.05 Å². The van der Waals surface area contributed by atoms with Crippen LogP contribution in [0.1, 0.15) is 32.0 Å². The Bertz CT molecular complexity index is 1280. The number of nitrogens with one attached hydrogen (secondary N) is 1. The lowest BCUT2D eigenvalue weighted by Gasteiger charge is -2.08. The molecule has 2 heterocycles. The highest BCUT2D eigenvalue weighted by molar-refractivity contribution is 6.00. The molecule has 0 aliphatic carbocycles. The second kappa shape index (κ2) is 7.19. The van der Waals surface area contributed by atoms with Crippen LogP contribution < -0.4 is 5.32 Å². The second-order valence-corrected chi connectivity index (χ2v) is 7.57. The summed E-state index contributed by atoms with van der Waals surface area (Å²) in [6, 6.07) is 21.5. The van der Waals surface area contributed by atoms with Crippen molar-refractivity contribution < 1.29 is 14.0 Å². The van der Waals surface area contributed by atoms with Crippen molar-refractivity contribution in [1.29, 1.82) is 0 Å². The number of hydrogen-bond donors (Lipinski definition) is 1. The van der Waals surface area contributed by atoms with E-state index in [9.17, 15) is 9.59 Å². The monoisotopic (exact) mass is 396 g/mol. The minimum absolute atomic E-state index is 0.0768. The van der Waals surface area contributed by atoms with Crippen LogP contribution in [-0.4, -0.2) is 23.8 Å². The molecule has 0 fully saturated rings. The van der Waals surface area contributed by atoms with Crippen molar-refractivity contribution in [3.05, 3.63) is 95.4 Å². The van der Waals surface area contributed by atoms with E-state index < -0.39 is 0 Å². The van der Waals surface area contributed by atoms with Gasteiger partial charge in [0.2, 0.25) is 0 Å². The van der Waals surface area contributed by atoms with Crippen LogP contribution >= 0.6 is 0 Å². The quantitative estimate of drug-likeness (QED) is 0.548. The molecule has 5 nitrogen and oxygen atoms in total. The molecule has 0 bridgehead atoms. The summed E-state index contributed by atoms with van der Waals surface area (Å²) in [7, 11) is 1.82. The van der Waals surface area contributed by atoms with Crippen molar-refractivity contribution in [1.82, 2.24) is 10.2 Å². The van der Waals surface area contributed by atoms with Crippen molar-refractivity contribution in [3.8, 4) is 11.1 Å². The molecule has 3 aromatic carbocycles. The molecule has 5 rings (SSSR count). The Morgan fingerprint density at radius 1 is 1.00 bits per heavy atom. The number of fused-ring (bicyclic) bond motifs is 2. The molecule has 1 aliphatic heterocycles. The summed E-state index contributed by atoms with van der Waals surface area (Å²) in [6.07, 6.45) is 1.59. The van der Waals surface area contributed by atoms with Crippen molar-refractivity contribution >= 4 is 22.6 Å². The Hall–Kier alpha value is -3.86. The Morgan fingerprint density at radius 2 is 1.77 bits per heavy atom. The van der Waals surface area contributed by atoms with Crippen LogP contribution in [0.25, 0.3) is 21.9 Å². The van der Waals surface area contributed by atoms with Gasteiger partial charge in [0.1, 0.15) is 5.76 Å². The van der Waals surface area contributed by atoms with Crippen LogP contribution in [0.15, 0.2) is 77.4 Å². The van der Waals surface area contributed by atoms with E-state index >= 15 is 0 Å². The number of rotatable bonds is 4. The van der Waals surface area contributed by atoms with E-state index in [1.807, 2.05) is 49.5 Å². The summed E-state index contributed by atoms with van der Waals surface area (Å²) < 4.78 is 5.25. The minimum atomic E-state index is -0.134. The molecule has 30 heavy (non-hydrogen) atoms. The molecule has 1 N–H and O–H groups in total. The lowest BCUT2D eigenvalue weighted by Crippen LogP contribution is -2.22. The first-order valence-electron chi connectivity index (χ1n) is 9.82. The molecule has 0 atom stereocenters. The number of furan rings is 1. The Morgan fingerprint density at radius 3 is 2.60 bits per heavy atom. The summed E-state index contributed by atoms with van der Waals surface area (Å²) in [4.78, 5) is 26.3. The second-order valence-electron chi connectivity index (χ2n) is 7.57. The molecular weight excluding hydrogens is 376 g/mol. The number of nitrogens with zero attached hydrogens (tertiary/aromatic N) is 1. The van der Waals surface area contributed by atoms with Gasteiger partial charge in [0.05, 0.1) is 12.8 Å². The van der Waals surface area contributed by atoms with Gasteiger partial charge in [-0.05, 0) is 69.9 Å². The zero-order chi connectivity index (χ0) is 20.7. The van der Waals surface area contributed by atoms with Crippen LogP contribution in [-0.2, 0) is 13.1 Å². The lowest BCUT2D eigenvalue weighted by atomic mass is 9.97. The molecule has 1 aromatic heterocycles. The number of benzene rings is 3. The number of carbonyl (C=O) groups is 2. The standard InChI is InChI=1S/C25H20N2O3/c1-27-15-21-13-19(8-9-23(21)25(27)29)16-4-5-18-12-20(7-6-17(18)11-16)24(28)26-14-22-3-2-10-30-22/h2-13H,14-15H2,1H3,(H,26,28). The zero-order valence-electron chi connectivity index (χ0n) is 16.5. The third-order valence-corrected chi connectivity index (χ3v) is 5.53. The van der Waals surface area contributed by atoms with E-state index in [2.05, 4.69) is 23.5 Å². The maximum atomic E-state index is 12.4. The summed E-state index contributed by atoms with van der Waals surface area (Å²) in [5.74, 6) is 0.661. The van der Waals surface area contributed by atoms with Crippen LogP contribution in [0.3, 0.4) is 0 Å². The highest BCUT2D eigenvalue weighted by atomic mass is 16.3. The first-order chi connectivity index (χ1) is 14.6. The van der Waals surface area contributed by atoms with E-state index in [0.29, 0.717) is 18.7 Å². The van der Waals surface area contributed by atoms with Crippen LogP contribution in [0.2, 0.25) is 0 Å². The SMILES string of the molecule is CN1Cc2cc(-c3ccc4cc(C(=O)NCc5ccco5)ccc4c3)ccc2C1=O. The molecule has 0 saturated carbocycles. The van der Waals surface area contributed by atoms with E-state index in [1.54, 1.807) is 17.2 Å². The fraction of sp³-hybridized carbons (Fsp3) is 0.120. The van der Waals surface area contributed by atoms with Gasteiger partial charge >= 0.3 is 0 Å². The van der Waals surface area contributed by atoms with Crippen LogP contribution in [0, 0.1) is 0 Å². The third kappa shape index (κ3) is 3.24. The van der Waals surface area contributed by atoms with Gasteiger partial charge in [0.15, 0.2) is 0 Å². The van der Waals surface area contributed by atoms with Gasteiger partial charge in [-0.2, -0.15) is 0 Å². The first kappa shape index (κ1) is 18.2. The van der Waals surface area contributed by atoms with Gasteiger partial charge in [0, 0.05) is 24.7 Å². The molecule has 5 heteroatoms. The van der Waals surface area contributed by atoms with Gasteiger partial charge in [-0.1, -0.05) is 24.3 Å². The fourth-order valence-electron chi connectivity index (χ4n) is 3.89. The third-order valence-electron chi connectivity index (χ3n) is 5.53. The van der Waals surface area contributed by atoms with E-state index in [4.69, 9.17) is 4.42 Å². The molecule has 0 spiro atoms. The smallest absolute Gasteiger partial charge is 0.254 e. The molecule has 2 amide bonds. The van der Waals surface area contributed by atoms with Crippen LogP contribution in [0.5, 0.6) is 0 Å². The summed E-state index contributed by atoms with van der Waals surface area (Å²) in [5.41, 5.74) is 4.62. The molecule has 1 aliphatic rings. The lowest BCUT2D eigenvalue weighted by molar-refractivity contribution is 0.0816. The number of amides is 2. The Labute approximate surface area is 173 Å². The van der Waals surface area contributed by atoms with Gasteiger partial charge < -0.3 is 14.6 Å². The van der Waals surface area contributed by atoms with E-state index in [1.165, 1.54) is 0 Å². The topological polar surface area (TPSA) is 62.6 Å². The maximum Gasteiger partial charge on any atom is 0.254 e. The first-order valence-corrected chi connectivity index (χ1v) is 9.82. The van der Waals surface area contributed by atoms with Crippen LogP contribution in [0.4, 0.5) is 0 Å². The average molecular weight is 396 g/mol. The number of hydrogen-bond acceptors (Lipinski definition) is 3. The molecule has 0 unspecified atom stereocenters. The van der Waals surface area contributed by atoms with Gasteiger partial charge in [-0.3, -0.25) is 9.59 Å². The predicted octanol–water partition coefficient (Wildman–Crippen LogP) is 4.62. The molecular formula is C25H20N2O3. The molecule has 0 saturated heterocycles. The normalized spacial score (nSPS) is 13.0. The minimum Gasteiger partial charge on any atom is -0.467 e. The van der Waals surface area contributed by atoms with E-state index in [0.717, 1.165) is 38.8 Å². The Kier molecular flexibility index (Phi) is 4.36. The van der Waals surface area contributed by atoms with Crippen molar-refractivity contribution in [2.45, 2.75) is 13.1 Å². The molecule has 0 radical (unpaired) electrons. The average Bonchev–Trinajstić information content (AvgIpc) is 3.39. The molecule has 148 valence electrons. The molecule has 4 aromatic rings. The van der Waals surface area contributed by atoms with E-state index in [-0.39, 0.29) is 11.8 Å². The summed E-state index contributed by atoms with van der Waals surface area (Å²) in [5, 5.41) is 4.93. The van der Waals surface area contributed by atoms with Gasteiger partial charge in [-0.25, -0.2) is 0 Å². The maximum absolute atomic E-state index is 12.4.